The van der Waals surface area contributed by atoms with Gasteiger partial charge in [0.25, 0.3) is 0 Å². The standard InChI is InChI=1S/C12H22N2O2/c1-13-9-4-6-10(7-5-9)14-12(15)11-3-2-8-16-11/h9-11,13H,2-8H2,1H3,(H,14,15)/t9?,10?,11-/m1/s1. The number of nitrogens with one attached hydrogen (secondary N) is 2. The summed E-state index contributed by atoms with van der Waals surface area (Å²) in [4.78, 5) is 11.8. The number of carbonyl (C=O) groups excluding carboxylic acids is 1. The van der Waals surface area contributed by atoms with E-state index in [2.05, 4.69) is 10.6 Å². The SMILES string of the molecule is CNC1CCC(NC(=O)[C@H]2CCCO2)CC1. The third-order valence-corrected chi connectivity index (χ3v) is 3.70. The first-order chi connectivity index (χ1) is 7.79. The van der Waals surface area contributed by atoms with E-state index in [9.17, 15) is 4.79 Å². The average molecular weight is 226 g/mol. The molecule has 4 nitrogen and oxygen atoms in total. The lowest BCUT2D eigenvalue weighted by atomic mass is 9.91. The van der Waals surface area contributed by atoms with E-state index in [1.807, 2.05) is 7.05 Å². The molecule has 1 saturated carbocycles. The van der Waals surface area contributed by atoms with Gasteiger partial charge in [0.05, 0.1) is 0 Å². The number of ether oxygens (including phenoxy) is 1. The highest BCUT2D eigenvalue weighted by atomic mass is 16.5. The lowest BCUT2D eigenvalue weighted by Crippen LogP contribution is -2.44. The lowest BCUT2D eigenvalue weighted by Gasteiger charge is -2.29. The zero-order valence-corrected chi connectivity index (χ0v) is 10.00. The molecule has 1 aliphatic heterocycles. The fourth-order valence-electron chi connectivity index (χ4n) is 2.60. The highest BCUT2D eigenvalue weighted by molar-refractivity contribution is 5.81. The normalized spacial score (nSPS) is 34.9. The van der Waals surface area contributed by atoms with E-state index in [1.165, 1.54) is 0 Å². The Hall–Kier alpha value is -0.610. The molecular formula is C12H22N2O2. The molecule has 0 unspecified atom stereocenters. The summed E-state index contributed by atoms with van der Waals surface area (Å²) >= 11 is 0. The average Bonchev–Trinajstić information content (AvgIpc) is 2.83. The molecule has 0 aromatic carbocycles. The molecule has 1 saturated heterocycles. The van der Waals surface area contributed by atoms with Gasteiger partial charge in [0.2, 0.25) is 5.91 Å². The summed E-state index contributed by atoms with van der Waals surface area (Å²) in [5, 5.41) is 6.41. The van der Waals surface area contributed by atoms with Crippen LogP contribution in [-0.4, -0.2) is 37.7 Å². The van der Waals surface area contributed by atoms with Gasteiger partial charge in [-0.05, 0) is 45.6 Å². The fourth-order valence-corrected chi connectivity index (χ4v) is 2.60. The molecule has 16 heavy (non-hydrogen) atoms. The maximum atomic E-state index is 11.8. The van der Waals surface area contributed by atoms with Crippen molar-refractivity contribution in [3.05, 3.63) is 0 Å². The Balaban J connectivity index is 1.71. The number of hydrogen-bond donors (Lipinski definition) is 2. The van der Waals surface area contributed by atoms with Crippen molar-refractivity contribution >= 4 is 5.91 Å². The molecule has 1 amide bonds. The van der Waals surface area contributed by atoms with Gasteiger partial charge in [0, 0.05) is 18.7 Å². The minimum Gasteiger partial charge on any atom is -0.368 e. The van der Waals surface area contributed by atoms with Crippen molar-refractivity contribution in [2.45, 2.75) is 56.7 Å². The van der Waals surface area contributed by atoms with Crippen LogP contribution in [-0.2, 0) is 9.53 Å². The molecular weight excluding hydrogens is 204 g/mol. The van der Waals surface area contributed by atoms with E-state index >= 15 is 0 Å². The molecule has 2 fully saturated rings. The van der Waals surface area contributed by atoms with Gasteiger partial charge in [-0.25, -0.2) is 0 Å². The van der Waals surface area contributed by atoms with Gasteiger partial charge in [-0.2, -0.15) is 0 Å². The summed E-state index contributed by atoms with van der Waals surface area (Å²) in [5.74, 6) is 0.102. The van der Waals surface area contributed by atoms with Crippen molar-refractivity contribution in [3.8, 4) is 0 Å². The molecule has 1 aliphatic carbocycles. The predicted octanol–water partition coefficient (Wildman–Crippen LogP) is 0.812. The zero-order chi connectivity index (χ0) is 11.4. The number of hydrogen-bond acceptors (Lipinski definition) is 3. The Morgan fingerprint density at radius 1 is 1.12 bits per heavy atom. The van der Waals surface area contributed by atoms with Crippen LogP contribution >= 0.6 is 0 Å². The van der Waals surface area contributed by atoms with Gasteiger partial charge in [-0.15, -0.1) is 0 Å². The van der Waals surface area contributed by atoms with E-state index in [0.29, 0.717) is 12.1 Å². The van der Waals surface area contributed by atoms with Crippen molar-refractivity contribution in [2.24, 2.45) is 0 Å². The fraction of sp³-hybridized carbons (Fsp3) is 0.917. The first kappa shape index (κ1) is 11.9. The smallest absolute Gasteiger partial charge is 0.249 e. The van der Waals surface area contributed by atoms with E-state index in [0.717, 1.165) is 45.1 Å². The summed E-state index contributed by atoms with van der Waals surface area (Å²) in [6, 6.07) is 0.997. The van der Waals surface area contributed by atoms with E-state index in [1.54, 1.807) is 0 Å². The molecule has 0 bridgehead atoms. The van der Waals surface area contributed by atoms with Crippen LogP contribution in [0, 0.1) is 0 Å². The van der Waals surface area contributed by atoms with Crippen LogP contribution in [0.1, 0.15) is 38.5 Å². The summed E-state index contributed by atoms with van der Waals surface area (Å²) in [6.45, 7) is 0.741. The van der Waals surface area contributed by atoms with Crippen molar-refractivity contribution in [2.75, 3.05) is 13.7 Å². The van der Waals surface area contributed by atoms with E-state index < -0.39 is 0 Å². The summed E-state index contributed by atoms with van der Waals surface area (Å²) in [5.41, 5.74) is 0. The van der Waals surface area contributed by atoms with Crippen LogP contribution in [0.2, 0.25) is 0 Å². The monoisotopic (exact) mass is 226 g/mol. The first-order valence-corrected chi connectivity index (χ1v) is 6.39. The second kappa shape index (κ2) is 5.64. The summed E-state index contributed by atoms with van der Waals surface area (Å²) in [6.07, 6.45) is 6.22. The van der Waals surface area contributed by atoms with Gasteiger partial charge < -0.3 is 15.4 Å². The van der Waals surface area contributed by atoms with Crippen LogP contribution in [0.15, 0.2) is 0 Å². The summed E-state index contributed by atoms with van der Waals surface area (Å²) in [7, 11) is 2.01. The Morgan fingerprint density at radius 3 is 2.38 bits per heavy atom. The predicted molar refractivity (Wildman–Crippen MR) is 62.2 cm³/mol. The zero-order valence-electron chi connectivity index (χ0n) is 10.00. The molecule has 2 rings (SSSR count). The topological polar surface area (TPSA) is 50.4 Å². The van der Waals surface area contributed by atoms with Crippen LogP contribution in [0.4, 0.5) is 0 Å². The third kappa shape index (κ3) is 2.95. The lowest BCUT2D eigenvalue weighted by molar-refractivity contribution is -0.131. The maximum Gasteiger partial charge on any atom is 0.249 e. The Labute approximate surface area is 97.1 Å². The second-order valence-corrected chi connectivity index (χ2v) is 4.85. The molecule has 0 aromatic heterocycles. The van der Waals surface area contributed by atoms with Gasteiger partial charge in [0.1, 0.15) is 6.10 Å². The molecule has 2 N–H and O–H groups in total. The highest BCUT2D eigenvalue weighted by Gasteiger charge is 2.27. The molecule has 92 valence electrons. The van der Waals surface area contributed by atoms with Gasteiger partial charge in [-0.3, -0.25) is 4.79 Å². The van der Waals surface area contributed by atoms with Gasteiger partial charge in [-0.1, -0.05) is 0 Å². The highest BCUT2D eigenvalue weighted by Crippen LogP contribution is 2.19. The minimum absolute atomic E-state index is 0.102. The maximum absolute atomic E-state index is 11.8. The van der Waals surface area contributed by atoms with Crippen LogP contribution in [0.5, 0.6) is 0 Å². The number of carbonyl (C=O) groups is 1. The quantitative estimate of drug-likeness (QED) is 0.749. The number of rotatable bonds is 3. The largest absolute Gasteiger partial charge is 0.368 e. The van der Waals surface area contributed by atoms with Gasteiger partial charge in [0.15, 0.2) is 0 Å². The summed E-state index contributed by atoms with van der Waals surface area (Å²) < 4.78 is 5.37. The van der Waals surface area contributed by atoms with Crippen molar-refractivity contribution in [3.63, 3.8) is 0 Å². The van der Waals surface area contributed by atoms with Gasteiger partial charge >= 0.3 is 0 Å². The van der Waals surface area contributed by atoms with Crippen molar-refractivity contribution < 1.29 is 9.53 Å². The first-order valence-electron chi connectivity index (χ1n) is 6.39. The minimum atomic E-state index is -0.179. The Kier molecular flexibility index (Phi) is 4.18. The second-order valence-electron chi connectivity index (χ2n) is 4.85. The molecule has 0 spiro atoms. The Morgan fingerprint density at radius 2 is 1.81 bits per heavy atom. The van der Waals surface area contributed by atoms with Crippen molar-refractivity contribution in [1.82, 2.24) is 10.6 Å². The molecule has 0 aromatic rings. The third-order valence-electron chi connectivity index (χ3n) is 3.70. The molecule has 0 radical (unpaired) electrons. The molecule has 1 heterocycles. The molecule has 1 atom stereocenters. The number of amides is 1. The molecule has 4 heteroatoms. The van der Waals surface area contributed by atoms with Crippen LogP contribution < -0.4 is 10.6 Å². The van der Waals surface area contributed by atoms with Crippen molar-refractivity contribution in [1.29, 1.82) is 0 Å². The van der Waals surface area contributed by atoms with Crippen LogP contribution in [0.25, 0.3) is 0 Å². The van der Waals surface area contributed by atoms with E-state index in [4.69, 9.17) is 4.74 Å². The van der Waals surface area contributed by atoms with Crippen LogP contribution in [0.3, 0.4) is 0 Å². The Bertz CT molecular complexity index is 231. The molecule has 2 aliphatic rings. The van der Waals surface area contributed by atoms with E-state index in [-0.39, 0.29) is 12.0 Å².